The summed E-state index contributed by atoms with van der Waals surface area (Å²) in [6, 6.07) is 3.53. The lowest BCUT2D eigenvalue weighted by Gasteiger charge is -2.26. The molecule has 0 unspecified atom stereocenters. The number of thiophene rings is 1. The van der Waals surface area contributed by atoms with Crippen molar-refractivity contribution in [3.8, 4) is 0 Å². The maximum absolute atomic E-state index is 12.3. The number of carbonyl (C=O) groups is 1. The summed E-state index contributed by atoms with van der Waals surface area (Å²) >= 11 is 1.21. The van der Waals surface area contributed by atoms with E-state index in [-0.39, 0.29) is 11.9 Å². The van der Waals surface area contributed by atoms with Crippen LogP contribution < -0.4 is 0 Å². The molecule has 23 heavy (non-hydrogen) atoms. The minimum absolute atomic E-state index is 0.0695. The number of amides is 1. The van der Waals surface area contributed by atoms with Crippen LogP contribution in [0.3, 0.4) is 0 Å². The molecule has 1 aromatic heterocycles. The Morgan fingerprint density at radius 1 is 1.26 bits per heavy atom. The van der Waals surface area contributed by atoms with Gasteiger partial charge in [-0.05, 0) is 37.1 Å². The predicted molar refractivity (Wildman–Crippen MR) is 95.1 cm³/mol. The van der Waals surface area contributed by atoms with E-state index in [0.29, 0.717) is 29.5 Å². The van der Waals surface area contributed by atoms with E-state index in [1.54, 1.807) is 29.5 Å². The Morgan fingerprint density at radius 2 is 1.91 bits per heavy atom. The molecule has 0 spiro atoms. The van der Waals surface area contributed by atoms with Gasteiger partial charge in [0, 0.05) is 33.1 Å². The van der Waals surface area contributed by atoms with Crippen LogP contribution >= 0.6 is 11.3 Å². The number of nitrogens with zero attached hydrogens (tertiary/aromatic N) is 2. The summed E-state index contributed by atoms with van der Waals surface area (Å²) < 4.78 is 26.2. The second-order valence-corrected chi connectivity index (χ2v) is 9.56. The minimum atomic E-state index is -3.42. The molecule has 1 amide bonds. The molecular formula is C16H28N2O3S2. The fraction of sp³-hybridized carbons (Fsp3) is 0.688. The van der Waals surface area contributed by atoms with Crippen molar-refractivity contribution in [2.24, 2.45) is 5.92 Å². The Kier molecular flexibility index (Phi) is 7.70. The Bertz CT molecular complexity index is 582. The first-order valence-electron chi connectivity index (χ1n) is 7.91. The van der Waals surface area contributed by atoms with Crippen LogP contribution in [0.5, 0.6) is 0 Å². The SMILES string of the molecule is CC(C)C[C@H](C)N(C)C(=O)CCCN(C)S(=O)(=O)c1cccs1. The smallest absolute Gasteiger partial charge is 0.252 e. The third-order valence-electron chi connectivity index (χ3n) is 3.89. The van der Waals surface area contributed by atoms with E-state index in [1.165, 1.54) is 15.6 Å². The second-order valence-electron chi connectivity index (χ2n) is 6.35. The molecule has 1 aromatic rings. The van der Waals surface area contributed by atoms with Crippen molar-refractivity contribution >= 4 is 27.3 Å². The molecule has 1 rings (SSSR count). The van der Waals surface area contributed by atoms with Crippen molar-refractivity contribution < 1.29 is 13.2 Å². The zero-order valence-corrected chi connectivity index (χ0v) is 16.3. The first kappa shape index (κ1) is 20.1. The highest BCUT2D eigenvalue weighted by atomic mass is 32.2. The first-order chi connectivity index (χ1) is 10.7. The van der Waals surface area contributed by atoms with Gasteiger partial charge in [-0.3, -0.25) is 4.79 Å². The lowest BCUT2D eigenvalue weighted by atomic mass is 10.0. The molecule has 0 bridgehead atoms. The van der Waals surface area contributed by atoms with E-state index in [9.17, 15) is 13.2 Å². The quantitative estimate of drug-likeness (QED) is 0.680. The molecule has 0 radical (unpaired) electrons. The molecule has 0 fully saturated rings. The number of rotatable bonds is 9. The summed E-state index contributed by atoms with van der Waals surface area (Å²) in [4.78, 5) is 14.0. The first-order valence-corrected chi connectivity index (χ1v) is 10.2. The lowest BCUT2D eigenvalue weighted by molar-refractivity contribution is -0.132. The molecule has 0 saturated carbocycles. The number of hydrogen-bond donors (Lipinski definition) is 0. The second kappa shape index (κ2) is 8.80. The van der Waals surface area contributed by atoms with E-state index in [0.717, 1.165) is 6.42 Å². The molecule has 0 aliphatic rings. The van der Waals surface area contributed by atoms with E-state index >= 15 is 0 Å². The summed E-state index contributed by atoms with van der Waals surface area (Å²) in [5.41, 5.74) is 0. The molecule has 0 aromatic carbocycles. The van der Waals surface area contributed by atoms with Gasteiger partial charge in [0.25, 0.3) is 10.0 Å². The lowest BCUT2D eigenvalue weighted by Crippen LogP contribution is -2.36. The Morgan fingerprint density at radius 3 is 2.43 bits per heavy atom. The number of hydrogen-bond acceptors (Lipinski definition) is 4. The predicted octanol–water partition coefficient (Wildman–Crippen LogP) is 3.04. The van der Waals surface area contributed by atoms with Gasteiger partial charge >= 0.3 is 0 Å². The average Bonchev–Trinajstić information content (AvgIpc) is 3.00. The fourth-order valence-corrected chi connectivity index (χ4v) is 4.81. The van der Waals surface area contributed by atoms with Gasteiger partial charge in [0.05, 0.1) is 0 Å². The molecule has 1 atom stereocenters. The molecule has 0 aliphatic heterocycles. The topological polar surface area (TPSA) is 57.7 Å². The molecule has 0 aliphatic carbocycles. The van der Waals surface area contributed by atoms with Crippen LogP contribution in [0.1, 0.15) is 40.0 Å². The van der Waals surface area contributed by atoms with Crippen LogP contribution in [0.2, 0.25) is 0 Å². The van der Waals surface area contributed by atoms with Crippen LogP contribution in [0, 0.1) is 5.92 Å². The maximum atomic E-state index is 12.3. The van der Waals surface area contributed by atoms with Gasteiger partial charge in [0.2, 0.25) is 5.91 Å². The Hall–Kier alpha value is -0.920. The molecule has 5 nitrogen and oxygen atoms in total. The third-order valence-corrected chi connectivity index (χ3v) is 7.12. The van der Waals surface area contributed by atoms with Crippen LogP contribution in [0.25, 0.3) is 0 Å². The Labute approximate surface area is 144 Å². The van der Waals surface area contributed by atoms with Gasteiger partial charge in [-0.2, -0.15) is 0 Å². The highest BCUT2D eigenvalue weighted by Gasteiger charge is 2.22. The van der Waals surface area contributed by atoms with Gasteiger partial charge in [0.1, 0.15) is 4.21 Å². The largest absolute Gasteiger partial charge is 0.343 e. The third kappa shape index (κ3) is 5.90. The summed E-state index contributed by atoms with van der Waals surface area (Å²) in [5, 5.41) is 1.75. The molecule has 1 heterocycles. The zero-order chi connectivity index (χ0) is 17.6. The summed E-state index contributed by atoms with van der Waals surface area (Å²) in [6.07, 6.45) is 1.86. The van der Waals surface area contributed by atoms with Gasteiger partial charge in [0.15, 0.2) is 0 Å². The van der Waals surface area contributed by atoms with Crippen molar-refractivity contribution in [1.82, 2.24) is 9.21 Å². The maximum Gasteiger partial charge on any atom is 0.252 e. The van der Waals surface area contributed by atoms with Crippen molar-refractivity contribution in [3.63, 3.8) is 0 Å². The van der Waals surface area contributed by atoms with Crippen LogP contribution in [0.4, 0.5) is 0 Å². The summed E-state index contributed by atoms with van der Waals surface area (Å²) in [7, 11) is -0.0381. The highest BCUT2D eigenvalue weighted by molar-refractivity contribution is 7.91. The number of carbonyl (C=O) groups excluding carboxylic acids is 1. The number of sulfonamides is 1. The molecule has 0 N–H and O–H groups in total. The normalized spacial score (nSPS) is 13.5. The van der Waals surface area contributed by atoms with Crippen molar-refractivity contribution in [2.75, 3.05) is 20.6 Å². The highest BCUT2D eigenvalue weighted by Crippen LogP contribution is 2.20. The van der Waals surface area contributed by atoms with Crippen molar-refractivity contribution in [2.45, 2.75) is 50.3 Å². The van der Waals surface area contributed by atoms with E-state index in [2.05, 4.69) is 13.8 Å². The van der Waals surface area contributed by atoms with Crippen LogP contribution in [-0.2, 0) is 14.8 Å². The van der Waals surface area contributed by atoms with Crippen molar-refractivity contribution in [1.29, 1.82) is 0 Å². The summed E-state index contributed by atoms with van der Waals surface area (Å²) in [5.74, 6) is 0.613. The summed E-state index contributed by atoms with van der Waals surface area (Å²) in [6.45, 7) is 6.67. The van der Waals surface area contributed by atoms with Gasteiger partial charge in [-0.25, -0.2) is 12.7 Å². The van der Waals surface area contributed by atoms with E-state index < -0.39 is 10.0 Å². The van der Waals surface area contributed by atoms with Crippen LogP contribution in [0.15, 0.2) is 21.7 Å². The minimum Gasteiger partial charge on any atom is -0.343 e. The van der Waals surface area contributed by atoms with Crippen molar-refractivity contribution in [3.05, 3.63) is 17.5 Å². The van der Waals surface area contributed by atoms with Gasteiger partial charge in [-0.1, -0.05) is 19.9 Å². The monoisotopic (exact) mass is 360 g/mol. The molecule has 132 valence electrons. The van der Waals surface area contributed by atoms with Gasteiger partial charge in [-0.15, -0.1) is 11.3 Å². The molecule has 7 heteroatoms. The fourth-order valence-electron chi connectivity index (χ4n) is 2.40. The van der Waals surface area contributed by atoms with Gasteiger partial charge < -0.3 is 4.90 Å². The standard InChI is InChI=1S/C16H28N2O3S2/c1-13(2)12-14(3)18(5)15(19)8-6-10-17(4)23(20,21)16-9-7-11-22-16/h7,9,11,13-14H,6,8,10,12H2,1-5H3/t14-/m0/s1. The Balaban J connectivity index is 2.45. The van der Waals surface area contributed by atoms with Crippen LogP contribution in [-0.4, -0.2) is 50.2 Å². The van der Waals surface area contributed by atoms with E-state index in [4.69, 9.17) is 0 Å². The average molecular weight is 361 g/mol. The zero-order valence-electron chi connectivity index (χ0n) is 14.7. The molecule has 0 saturated heterocycles. The molecular weight excluding hydrogens is 332 g/mol. The van der Waals surface area contributed by atoms with E-state index in [1.807, 2.05) is 14.0 Å².